The summed E-state index contributed by atoms with van der Waals surface area (Å²) in [7, 11) is 0. The number of hydrogen-bond acceptors (Lipinski definition) is 8. The van der Waals surface area contributed by atoms with Gasteiger partial charge in [0.15, 0.2) is 17.3 Å². The molecule has 1 saturated carbocycles. The third-order valence-electron chi connectivity index (χ3n) is 9.96. The van der Waals surface area contributed by atoms with E-state index in [0.717, 1.165) is 62.1 Å². The monoisotopic (exact) mass is 636 g/mol. The number of nitrogens with two attached hydrogens (primary N) is 2. The number of benzene rings is 2. The van der Waals surface area contributed by atoms with Crippen LogP contribution in [-0.4, -0.2) is 59.8 Å². The summed E-state index contributed by atoms with van der Waals surface area (Å²) in [6, 6.07) is 21.5. The molecule has 0 bridgehead atoms. The van der Waals surface area contributed by atoms with Crippen molar-refractivity contribution in [1.82, 2.24) is 23.8 Å². The van der Waals surface area contributed by atoms with Crippen molar-refractivity contribution in [2.45, 2.75) is 50.1 Å². The van der Waals surface area contributed by atoms with Crippen LogP contribution in [0.4, 0.5) is 15.9 Å². The highest BCUT2D eigenvalue weighted by atomic mass is 32.2. The van der Waals surface area contributed by atoms with Gasteiger partial charge in [-0.2, -0.15) is 0 Å². The third kappa shape index (κ3) is 5.02. The molecule has 1 aliphatic carbocycles. The van der Waals surface area contributed by atoms with Crippen LogP contribution >= 0.6 is 0 Å². The topological polar surface area (TPSA) is 125 Å². The second kappa shape index (κ2) is 11.6. The summed E-state index contributed by atoms with van der Waals surface area (Å²) < 4.78 is 32.8. The van der Waals surface area contributed by atoms with Crippen molar-refractivity contribution in [3.63, 3.8) is 0 Å². The van der Waals surface area contributed by atoms with Crippen LogP contribution in [0.5, 0.6) is 0 Å². The van der Waals surface area contributed by atoms with Gasteiger partial charge >= 0.3 is 0 Å². The number of nitrogen functional groups attached to an aromatic ring is 1. The molecule has 2 aromatic carbocycles. The van der Waals surface area contributed by atoms with Gasteiger partial charge in [0.05, 0.1) is 23.0 Å². The fourth-order valence-electron chi connectivity index (χ4n) is 7.20. The van der Waals surface area contributed by atoms with Crippen LogP contribution in [0.15, 0.2) is 72.9 Å². The summed E-state index contributed by atoms with van der Waals surface area (Å²) in [6.07, 6.45) is 7.46. The van der Waals surface area contributed by atoms with Crippen molar-refractivity contribution in [1.29, 1.82) is 0 Å². The Morgan fingerprint density at radius 2 is 1.67 bits per heavy atom. The maximum atomic E-state index is 16.3. The van der Waals surface area contributed by atoms with Gasteiger partial charge in [-0.3, -0.25) is 4.57 Å². The summed E-state index contributed by atoms with van der Waals surface area (Å²) >= 11 is -0.880. The lowest BCUT2D eigenvalue weighted by atomic mass is 9.73. The molecule has 236 valence electrons. The largest absolute Gasteiger partial charge is 0.598 e. The van der Waals surface area contributed by atoms with Crippen LogP contribution in [-0.2, 0) is 16.9 Å². The molecule has 0 radical (unpaired) electrons. The average Bonchev–Trinajstić information content (AvgIpc) is 3.67. The number of nitrogens with zero attached hydrogens (tertiary/aromatic N) is 6. The SMILES string of the molecule is Nc1ncccc1-c1nc2ccc(-c3cccc(N4CCC(N5CCC[S+]5[O-])CC4)c3F)nc2n1-c1ccc(C2(N)CCC2)cc1. The molecule has 1 atom stereocenters. The second-order valence-electron chi connectivity index (χ2n) is 12.7. The fraction of sp³-hybridized carbons (Fsp3) is 0.343. The Bertz CT molecular complexity index is 1900. The highest BCUT2D eigenvalue weighted by Crippen LogP contribution is 2.40. The number of aromatic nitrogens is 4. The molecule has 3 fully saturated rings. The molecule has 2 saturated heterocycles. The first kappa shape index (κ1) is 29.4. The Balaban J connectivity index is 1.17. The van der Waals surface area contributed by atoms with E-state index in [2.05, 4.69) is 26.3 Å². The number of pyridine rings is 2. The summed E-state index contributed by atoms with van der Waals surface area (Å²) in [6.45, 7) is 2.32. The minimum absolute atomic E-state index is 0.275. The minimum Gasteiger partial charge on any atom is -0.598 e. The van der Waals surface area contributed by atoms with Crippen LogP contribution in [0, 0.1) is 5.82 Å². The van der Waals surface area contributed by atoms with Gasteiger partial charge in [-0.15, -0.1) is 4.31 Å². The number of anilines is 2. The zero-order valence-corrected chi connectivity index (χ0v) is 26.4. The molecule has 11 heteroatoms. The van der Waals surface area contributed by atoms with Crippen LogP contribution in [0.2, 0.25) is 0 Å². The number of fused-ring (bicyclic) bond motifs is 1. The lowest BCUT2D eigenvalue weighted by Crippen LogP contribution is -2.45. The fourth-order valence-corrected chi connectivity index (χ4v) is 8.68. The number of piperidine rings is 1. The third-order valence-corrected chi connectivity index (χ3v) is 11.6. The summed E-state index contributed by atoms with van der Waals surface area (Å²) in [5, 5.41) is 0. The molecule has 3 aliphatic rings. The Hall–Kier alpha value is -4.03. The van der Waals surface area contributed by atoms with Gasteiger partial charge < -0.3 is 20.9 Å². The average molecular weight is 637 g/mol. The predicted octanol–water partition coefficient (Wildman–Crippen LogP) is 5.55. The van der Waals surface area contributed by atoms with E-state index >= 15 is 4.39 Å². The van der Waals surface area contributed by atoms with Crippen molar-refractivity contribution >= 4 is 34.0 Å². The number of imidazole rings is 1. The molecule has 4 N–H and O–H groups in total. The Morgan fingerprint density at radius 1 is 0.891 bits per heavy atom. The normalized spacial score (nSPS) is 20.3. The van der Waals surface area contributed by atoms with E-state index in [0.29, 0.717) is 58.4 Å². The lowest BCUT2D eigenvalue weighted by molar-refractivity contribution is 0.253. The lowest BCUT2D eigenvalue weighted by Gasteiger charge is -2.38. The van der Waals surface area contributed by atoms with Crippen molar-refractivity contribution < 1.29 is 8.94 Å². The molecule has 1 unspecified atom stereocenters. The second-order valence-corrected chi connectivity index (χ2v) is 14.2. The molecule has 46 heavy (non-hydrogen) atoms. The zero-order valence-electron chi connectivity index (χ0n) is 25.6. The molecular formula is C35H37FN8OS. The van der Waals surface area contributed by atoms with E-state index < -0.39 is 11.4 Å². The highest BCUT2D eigenvalue weighted by molar-refractivity contribution is 7.89. The van der Waals surface area contributed by atoms with Crippen LogP contribution in [0.1, 0.15) is 44.1 Å². The maximum absolute atomic E-state index is 16.3. The first-order valence-corrected chi connectivity index (χ1v) is 17.4. The Morgan fingerprint density at radius 3 is 2.37 bits per heavy atom. The van der Waals surface area contributed by atoms with Crippen LogP contribution in [0.3, 0.4) is 0 Å². The first-order valence-electron chi connectivity index (χ1n) is 16.1. The summed E-state index contributed by atoms with van der Waals surface area (Å²) in [5.74, 6) is 1.44. The number of halogens is 1. The molecule has 0 spiro atoms. The highest BCUT2D eigenvalue weighted by Gasteiger charge is 2.36. The van der Waals surface area contributed by atoms with E-state index in [1.54, 1.807) is 12.3 Å². The molecule has 8 rings (SSSR count). The minimum atomic E-state index is -0.880. The van der Waals surface area contributed by atoms with Gasteiger partial charge in [-0.05, 0) is 86.2 Å². The number of hydrogen-bond donors (Lipinski definition) is 2. The van der Waals surface area contributed by atoms with Gasteiger partial charge in [-0.25, -0.2) is 19.3 Å². The molecule has 0 amide bonds. The molecule has 9 nitrogen and oxygen atoms in total. The van der Waals surface area contributed by atoms with Gasteiger partial charge in [0.1, 0.15) is 17.1 Å². The zero-order chi connectivity index (χ0) is 31.4. The van der Waals surface area contributed by atoms with E-state index in [-0.39, 0.29) is 17.4 Å². The van der Waals surface area contributed by atoms with Crippen LogP contribution < -0.4 is 16.4 Å². The molecular weight excluding hydrogens is 600 g/mol. The molecule has 5 aromatic rings. The number of rotatable bonds is 6. The van der Waals surface area contributed by atoms with E-state index in [4.69, 9.17) is 21.4 Å². The van der Waals surface area contributed by atoms with Crippen molar-refractivity contribution in [3.8, 4) is 28.3 Å². The Labute approximate surface area is 270 Å². The van der Waals surface area contributed by atoms with Gasteiger partial charge in [-0.1, -0.05) is 18.2 Å². The summed E-state index contributed by atoms with van der Waals surface area (Å²) in [4.78, 5) is 16.4. The summed E-state index contributed by atoms with van der Waals surface area (Å²) in [5.41, 5.74) is 18.1. The van der Waals surface area contributed by atoms with E-state index in [1.165, 1.54) is 0 Å². The van der Waals surface area contributed by atoms with E-state index in [9.17, 15) is 4.55 Å². The van der Waals surface area contributed by atoms with Gasteiger partial charge in [0.25, 0.3) is 0 Å². The Kier molecular flexibility index (Phi) is 7.44. The van der Waals surface area contributed by atoms with Crippen LogP contribution in [0.25, 0.3) is 39.5 Å². The van der Waals surface area contributed by atoms with Crippen molar-refractivity contribution in [3.05, 3.63) is 84.3 Å². The maximum Gasteiger partial charge on any atom is 0.165 e. The van der Waals surface area contributed by atoms with Crippen molar-refractivity contribution in [2.24, 2.45) is 5.73 Å². The first-order chi connectivity index (χ1) is 22.4. The van der Waals surface area contributed by atoms with Gasteiger partial charge in [0.2, 0.25) is 0 Å². The van der Waals surface area contributed by atoms with Gasteiger partial charge in [0, 0.05) is 60.4 Å². The predicted molar refractivity (Wildman–Crippen MR) is 181 cm³/mol. The molecule has 3 aromatic heterocycles. The molecule has 5 heterocycles. The smallest absolute Gasteiger partial charge is 0.165 e. The van der Waals surface area contributed by atoms with E-state index in [1.807, 2.05) is 53.1 Å². The van der Waals surface area contributed by atoms with Crippen molar-refractivity contribution in [2.75, 3.05) is 36.0 Å². The standard InChI is InChI=1S/C35H37FN8OS/c36-31-26(5-1-7-30(31)42-20-14-24(15-21-42)43-19-4-22-46(43)45)28-12-13-29-34(40-28)44(33(41-29)27-6-2-18-39-32(27)37)25-10-8-23(9-11-25)35(38)16-3-17-35/h1-2,5-13,18,24H,3-4,14-17,19-22,38H2,(H2,37,39). The quantitative estimate of drug-likeness (QED) is 0.233. The molecule has 2 aliphatic heterocycles.